The van der Waals surface area contributed by atoms with Crippen molar-refractivity contribution in [1.82, 2.24) is 0 Å². The van der Waals surface area contributed by atoms with Gasteiger partial charge in [-0.25, -0.2) is 0 Å². The molecule has 3 aliphatic rings. The summed E-state index contributed by atoms with van der Waals surface area (Å²) in [6.07, 6.45) is 5.25. The Hall–Kier alpha value is -0.630. The Balaban J connectivity index is 0.000000528. The van der Waals surface area contributed by atoms with Gasteiger partial charge in [-0.1, -0.05) is 33.3 Å². The quantitative estimate of drug-likeness (QED) is 0.850. The topological polar surface area (TPSA) is 20.2 Å². The smallest absolute Gasteiger partial charge is 0.115 e. The van der Waals surface area contributed by atoms with Crippen molar-refractivity contribution < 1.29 is 5.11 Å². The summed E-state index contributed by atoms with van der Waals surface area (Å²) in [5, 5.41) is 10.6. The van der Waals surface area contributed by atoms with Gasteiger partial charge >= 0.3 is 0 Å². The van der Waals surface area contributed by atoms with Crippen LogP contribution in [0.4, 0.5) is 0 Å². The van der Waals surface area contributed by atoms with Gasteiger partial charge in [-0.15, -0.1) is 0 Å². The minimum atomic E-state index is 0.400. The van der Waals surface area contributed by atoms with Gasteiger partial charge in [0, 0.05) is 16.4 Å². The third-order valence-corrected chi connectivity index (χ3v) is 6.93. The van der Waals surface area contributed by atoms with Crippen LogP contribution < -0.4 is 0 Å². The second-order valence-electron chi connectivity index (χ2n) is 6.10. The maximum Gasteiger partial charge on any atom is 0.115 e. The fourth-order valence-electron chi connectivity index (χ4n) is 4.61. The number of phenolic OH excluding ortho intramolecular Hbond substituents is 1. The number of thioether (sulfide) groups is 1. The summed E-state index contributed by atoms with van der Waals surface area (Å²) in [4.78, 5) is 0. The van der Waals surface area contributed by atoms with Gasteiger partial charge < -0.3 is 5.11 Å². The van der Waals surface area contributed by atoms with E-state index >= 15 is 0 Å². The molecule has 4 rings (SSSR count). The molecule has 1 heterocycles. The molecule has 2 bridgehead atoms. The van der Waals surface area contributed by atoms with Crippen LogP contribution in [0, 0.1) is 0 Å². The Morgan fingerprint density at radius 3 is 2.74 bits per heavy atom. The highest BCUT2D eigenvalue weighted by Gasteiger charge is 2.66. The summed E-state index contributed by atoms with van der Waals surface area (Å²) >= 11 is 2.16. The summed E-state index contributed by atoms with van der Waals surface area (Å²) in [7, 11) is 0. The van der Waals surface area contributed by atoms with Crippen molar-refractivity contribution in [1.29, 1.82) is 0 Å². The number of phenols is 1. The Bertz CT molecular complexity index is 498. The van der Waals surface area contributed by atoms with Crippen molar-refractivity contribution in [3.05, 3.63) is 29.3 Å². The van der Waals surface area contributed by atoms with E-state index in [9.17, 15) is 5.11 Å². The molecule has 1 saturated carbocycles. The molecule has 2 heteroatoms. The van der Waals surface area contributed by atoms with E-state index in [1.165, 1.54) is 37.0 Å². The van der Waals surface area contributed by atoms with E-state index in [1.54, 1.807) is 5.56 Å². The van der Waals surface area contributed by atoms with Gasteiger partial charge in [0.1, 0.15) is 5.75 Å². The zero-order chi connectivity index (χ0) is 13.7. The third kappa shape index (κ3) is 1.55. The van der Waals surface area contributed by atoms with Crippen LogP contribution in [0.3, 0.4) is 0 Å². The first-order valence-electron chi connectivity index (χ1n) is 7.66. The second-order valence-corrected chi connectivity index (χ2v) is 7.29. The lowest BCUT2D eigenvalue weighted by Gasteiger charge is -2.46. The molecule has 104 valence electrons. The van der Waals surface area contributed by atoms with Crippen molar-refractivity contribution >= 4 is 11.8 Å². The Morgan fingerprint density at radius 2 is 2.11 bits per heavy atom. The van der Waals surface area contributed by atoms with Gasteiger partial charge in [-0.05, 0) is 47.9 Å². The number of hydrogen-bond acceptors (Lipinski definition) is 2. The molecule has 2 unspecified atom stereocenters. The van der Waals surface area contributed by atoms with Gasteiger partial charge in [0.05, 0.1) is 0 Å². The van der Waals surface area contributed by atoms with Gasteiger partial charge in [0.2, 0.25) is 0 Å². The van der Waals surface area contributed by atoms with Crippen LogP contribution in [-0.4, -0.2) is 16.1 Å². The van der Waals surface area contributed by atoms with Crippen molar-refractivity contribution in [3.8, 4) is 5.75 Å². The van der Waals surface area contributed by atoms with Crippen molar-refractivity contribution in [2.75, 3.05) is 5.75 Å². The molecular formula is C17H24OS. The molecule has 3 atom stereocenters. The third-order valence-electron chi connectivity index (χ3n) is 5.23. The van der Waals surface area contributed by atoms with Crippen LogP contribution in [0.1, 0.15) is 57.6 Å². The standard InChI is InChI=1S/C15H18OS.C2H6/c1-2-5-14-7-13-15(8-14,9-17-13)11-4-3-10(16)6-12(11)14;1-2/h3-4,6,13,16H,2,5,7-9H2,1H3;1-2H3/t13?,14-,15?;/m0./s1. The molecule has 2 aliphatic carbocycles. The lowest BCUT2D eigenvalue weighted by Crippen LogP contribution is -2.45. The Kier molecular flexibility index (Phi) is 3.12. The van der Waals surface area contributed by atoms with Crippen molar-refractivity contribution in [3.63, 3.8) is 0 Å². The molecule has 1 aromatic rings. The monoisotopic (exact) mass is 276 g/mol. The van der Waals surface area contributed by atoms with Crippen molar-refractivity contribution in [2.24, 2.45) is 0 Å². The van der Waals surface area contributed by atoms with E-state index in [-0.39, 0.29) is 0 Å². The first kappa shape index (κ1) is 13.4. The SMILES string of the molecule is CC.CCC[C@]12CC3SCC3(C1)c1ccc(O)cc12. The van der Waals surface area contributed by atoms with Crippen LogP contribution >= 0.6 is 11.8 Å². The zero-order valence-corrected chi connectivity index (χ0v) is 13.0. The molecule has 1 nitrogen and oxygen atoms in total. The average Bonchev–Trinajstić information content (AvgIpc) is 2.82. The largest absolute Gasteiger partial charge is 0.508 e. The minimum absolute atomic E-state index is 0.400. The fourth-order valence-corrected chi connectivity index (χ4v) is 6.32. The number of hydrogen-bond donors (Lipinski definition) is 1. The summed E-state index contributed by atoms with van der Waals surface area (Å²) in [6, 6.07) is 6.14. The molecule has 2 fully saturated rings. The molecule has 1 aliphatic heterocycles. The molecule has 0 aromatic heterocycles. The molecule has 1 saturated heterocycles. The van der Waals surface area contributed by atoms with Crippen LogP contribution in [0.25, 0.3) is 0 Å². The normalized spacial score (nSPS) is 36.9. The molecule has 0 radical (unpaired) electrons. The zero-order valence-electron chi connectivity index (χ0n) is 12.2. The molecule has 19 heavy (non-hydrogen) atoms. The van der Waals surface area contributed by atoms with Gasteiger partial charge in [0.15, 0.2) is 0 Å². The van der Waals surface area contributed by atoms with Crippen LogP contribution in [0.5, 0.6) is 5.75 Å². The van der Waals surface area contributed by atoms with Crippen molar-refractivity contribution in [2.45, 2.75) is 62.5 Å². The number of aromatic hydroxyl groups is 1. The van der Waals surface area contributed by atoms with E-state index < -0.39 is 0 Å². The Morgan fingerprint density at radius 1 is 1.32 bits per heavy atom. The molecule has 0 amide bonds. The maximum absolute atomic E-state index is 9.77. The lowest BCUT2D eigenvalue weighted by molar-refractivity contribution is 0.404. The van der Waals surface area contributed by atoms with Crippen LogP contribution in [0.2, 0.25) is 0 Å². The Labute approximate surface area is 120 Å². The lowest BCUT2D eigenvalue weighted by atomic mass is 9.74. The first-order chi connectivity index (χ1) is 9.20. The summed E-state index contributed by atoms with van der Waals surface area (Å²) in [5.74, 6) is 1.76. The molecule has 1 N–H and O–H groups in total. The minimum Gasteiger partial charge on any atom is -0.508 e. The number of benzene rings is 1. The second kappa shape index (κ2) is 4.44. The van der Waals surface area contributed by atoms with E-state index in [4.69, 9.17) is 0 Å². The van der Waals surface area contributed by atoms with Gasteiger partial charge in [0.25, 0.3) is 0 Å². The van der Waals surface area contributed by atoms with E-state index in [2.05, 4.69) is 30.8 Å². The first-order valence-corrected chi connectivity index (χ1v) is 8.71. The highest BCUT2D eigenvalue weighted by molar-refractivity contribution is 8.01. The number of fused-ring (bicyclic) bond motifs is 3. The number of rotatable bonds is 2. The predicted octanol–water partition coefficient (Wildman–Crippen LogP) is 4.62. The van der Waals surface area contributed by atoms with Gasteiger partial charge in [-0.3, -0.25) is 0 Å². The molecular weight excluding hydrogens is 252 g/mol. The highest BCUT2D eigenvalue weighted by atomic mass is 32.2. The average molecular weight is 276 g/mol. The maximum atomic E-state index is 9.77. The predicted molar refractivity (Wildman–Crippen MR) is 83.2 cm³/mol. The fraction of sp³-hybridized carbons (Fsp3) is 0.647. The molecule has 1 aromatic carbocycles. The van der Waals surface area contributed by atoms with E-state index in [1.807, 2.05) is 19.9 Å². The van der Waals surface area contributed by atoms with Crippen LogP contribution in [0.15, 0.2) is 18.2 Å². The molecule has 1 spiro atoms. The summed E-state index contributed by atoms with van der Waals surface area (Å²) in [5.41, 5.74) is 3.94. The van der Waals surface area contributed by atoms with Gasteiger partial charge in [-0.2, -0.15) is 11.8 Å². The summed E-state index contributed by atoms with van der Waals surface area (Å²) in [6.45, 7) is 6.29. The van der Waals surface area contributed by atoms with E-state index in [0.29, 0.717) is 16.6 Å². The highest BCUT2D eigenvalue weighted by Crippen LogP contribution is 2.71. The summed E-state index contributed by atoms with van der Waals surface area (Å²) < 4.78 is 0. The van der Waals surface area contributed by atoms with E-state index in [0.717, 1.165) is 5.25 Å². The van der Waals surface area contributed by atoms with Crippen LogP contribution in [-0.2, 0) is 10.8 Å².